The van der Waals surface area contributed by atoms with Crippen LogP contribution in [0.5, 0.6) is 0 Å². The van der Waals surface area contributed by atoms with Gasteiger partial charge in [0.1, 0.15) is 6.10 Å². The maximum absolute atomic E-state index is 12.2. The number of ether oxygens (including phenoxy) is 1. The van der Waals surface area contributed by atoms with E-state index in [4.69, 9.17) is 15.3 Å². The number of cyclic esters (lactones) is 1. The largest absolute Gasteiger partial charge is 0.455 e. The van der Waals surface area contributed by atoms with E-state index in [1.54, 1.807) is 0 Å². The van der Waals surface area contributed by atoms with Crippen molar-refractivity contribution in [2.75, 3.05) is 6.61 Å². The maximum atomic E-state index is 12.2. The minimum Gasteiger partial charge on any atom is -0.455 e. The van der Waals surface area contributed by atoms with Crippen LogP contribution in [0.15, 0.2) is 0 Å². The van der Waals surface area contributed by atoms with Crippen molar-refractivity contribution in [3.05, 3.63) is 0 Å². The molecule has 5 nitrogen and oxygen atoms in total. The van der Waals surface area contributed by atoms with Gasteiger partial charge in [0.25, 0.3) is 5.60 Å². The number of carbonyl (C=O) groups is 1. The molecule has 1 saturated heterocycles. The van der Waals surface area contributed by atoms with Crippen molar-refractivity contribution in [3.63, 3.8) is 0 Å². The van der Waals surface area contributed by atoms with Crippen molar-refractivity contribution in [3.8, 4) is 0 Å². The molecule has 1 aliphatic rings. The Labute approximate surface area is 75.7 Å². The molecular weight excluding hydrogens is 209 g/mol. The van der Waals surface area contributed by atoms with Crippen LogP contribution < -0.4 is 0 Å². The summed E-state index contributed by atoms with van der Waals surface area (Å²) in [5.74, 6) is -2.00. The van der Waals surface area contributed by atoms with Crippen LogP contribution in [0.25, 0.3) is 0 Å². The van der Waals surface area contributed by atoms with Gasteiger partial charge in [0.05, 0.1) is 6.61 Å². The summed E-state index contributed by atoms with van der Waals surface area (Å²) in [6.45, 7) is -0.995. The quantitative estimate of drug-likeness (QED) is 0.467. The molecule has 14 heavy (non-hydrogen) atoms. The minimum absolute atomic E-state index is 0.995. The average molecular weight is 216 g/mol. The molecule has 1 fully saturated rings. The highest BCUT2D eigenvalue weighted by Crippen LogP contribution is 2.40. The lowest BCUT2D eigenvalue weighted by Crippen LogP contribution is -2.57. The van der Waals surface area contributed by atoms with Gasteiger partial charge in [-0.1, -0.05) is 0 Å². The summed E-state index contributed by atoms with van der Waals surface area (Å²) < 4.78 is 40.4. The Hall–Kier alpha value is -0.860. The first-order valence-corrected chi connectivity index (χ1v) is 3.54. The summed E-state index contributed by atoms with van der Waals surface area (Å²) in [7, 11) is 0. The van der Waals surface area contributed by atoms with Gasteiger partial charge in [-0.15, -0.1) is 0 Å². The van der Waals surface area contributed by atoms with E-state index < -0.39 is 36.6 Å². The summed E-state index contributed by atoms with van der Waals surface area (Å²) >= 11 is 0. The second kappa shape index (κ2) is 3.07. The number of rotatable bonds is 1. The fraction of sp³-hybridized carbons (Fsp3) is 0.833. The lowest BCUT2D eigenvalue weighted by Gasteiger charge is -2.24. The first-order valence-electron chi connectivity index (χ1n) is 3.54. The minimum atomic E-state index is -5.34. The van der Waals surface area contributed by atoms with Gasteiger partial charge in [0.15, 0.2) is 6.10 Å². The van der Waals surface area contributed by atoms with Crippen molar-refractivity contribution in [2.45, 2.75) is 24.0 Å². The summed E-state index contributed by atoms with van der Waals surface area (Å²) in [5.41, 5.74) is -3.94. The highest BCUT2D eigenvalue weighted by molar-refractivity contribution is 5.83. The first-order chi connectivity index (χ1) is 6.25. The van der Waals surface area contributed by atoms with Gasteiger partial charge >= 0.3 is 12.1 Å². The van der Waals surface area contributed by atoms with E-state index in [1.807, 2.05) is 0 Å². The molecule has 0 spiro atoms. The van der Waals surface area contributed by atoms with E-state index in [0.29, 0.717) is 0 Å². The van der Waals surface area contributed by atoms with Gasteiger partial charge in [0.2, 0.25) is 0 Å². The number of aliphatic hydroxyl groups excluding tert-OH is 2. The third kappa shape index (κ3) is 1.26. The molecule has 3 N–H and O–H groups in total. The topological polar surface area (TPSA) is 87.0 Å². The van der Waals surface area contributed by atoms with Crippen molar-refractivity contribution in [2.24, 2.45) is 0 Å². The van der Waals surface area contributed by atoms with Gasteiger partial charge in [-0.25, -0.2) is 4.79 Å². The standard InChI is InChI=1S/C6H7F3O5/c7-6(8,9)5(13)3(11)2(1-10)14-4(5)12/h2-3,10-11,13H,1H2/t2-,3-,5+/m1/s1. The monoisotopic (exact) mass is 216 g/mol. The van der Waals surface area contributed by atoms with Gasteiger partial charge in [-0.05, 0) is 0 Å². The average Bonchev–Trinajstić information content (AvgIpc) is 2.29. The molecule has 82 valence electrons. The molecule has 1 rings (SSSR count). The third-order valence-electron chi connectivity index (χ3n) is 1.96. The summed E-state index contributed by atoms with van der Waals surface area (Å²) in [4.78, 5) is 10.7. The normalized spacial score (nSPS) is 38.6. The van der Waals surface area contributed by atoms with Gasteiger partial charge in [0, 0.05) is 0 Å². The van der Waals surface area contributed by atoms with E-state index in [2.05, 4.69) is 4.74 Å². The van der Waals surface area contributed by atoms with Crippen molar-refractivity contribution in [1.82, 2.24) is 0 Å². The lowest BCUT2D eigenvalue weighted by molar-refractivity contribution is -0.271. The second-order valence-electron chi connectivity index (χ2n) is 2.84. The maximum Gasteiger partial charge on any atom is 0.430 e. The SMILES string of the molecule is O=C1O[C@H](CO)[C@@H](O)[C@@]1(O)C(F)(F)F. The lowest BCUT2D eigenvalue weighted by atomic mass is 9.95. The smallest absolute Gasteiger partial charge is 0.430 e. The van der Waals surface area contributed by atoms with E-state index in [9.17, 15) is 18.0 Å². The predicted octanol–water partition coefficient (Wildman–Crippen LogP) is -1.44. The molecule has 0 aliphatic carbocycles. The van der Waals surface area contributed by atoms with Crippen LogP contribution in [0, 0.1) is 0 Å². The summed E-state index contributed by atoms with van der Waals surface area (Å²) in [6, 6.07) is 0. The third-order valence-corrected chi connectivity index (χ3v) is 1.96. The van der Waals surface area contributed by atoms with E-state index in [1.165, 1.54) is 0 Å². The molecule has 0 aromatic heterocycles. The Morgan fingerprint density at radius 2 is 2.00 bits per heavy atom. The Bertz CT molecular complexity index is 252. The number of aliphatic hydroxyl groups is 3. The molecule has 0 radical (unpaired) electrons. The van der Waals surface area contributed by atoms with Gasteiger partial charge in [-0.3, -0.25) is 0 Å². The predicted molar refractivity (Wildman–Crippen MR) is 34.0 cm³/mol. The number of hydrogen-bond donors (Lipinski definition) is 3. The Morgan fingerprint density at radius 1 is 1.50 bits per heavy atom. The van der Waals surface area contributed by atoms with Gasteiger partial charge < -0.3 is 20.1 Å². The van der Waals surface area contributed by atoms with E-state index in [0.717, 1.165) is 0 Å². The molecule has 0 aromatic carbocycles. The number of hydrogen-bond acceptors (Lipinski definition) is 5. The summed E-state index contributed by atoms with van der Waals surface area (Å²) in [6.07, 6.45) is -9.61. The molecule has 0 bridgehead atoms. The van der Waals surface area contributed by atoms with Crippen LogP contribution >= 0.6 is 0 Å². The number of esters is 1. The fourth-order valence-corrected chi connectivity index (χ4v) is 1.10. The van der Waals surface area contributed by atoms with Crippen LogP contribution in [0.2, 0.25) is 0 Å². The van der Waals surface area contributed by atoms with Crippen LogP contribution in [0.1, 0.15) is 0 Å². The van der Waals surface area contributed by atoms with Gasteiger partial charge in [-0.2, -0.15) is 13.2 Å². The highest BCUT2D eigenvalue weighted by atomic mass is 19.4. The van der Waals surface area contributed by atoms with E-state index in [-0.39, 0.29) is 0 Å². The molecular formula is C6H7F3O5. The molecule has 1 heterocycles. The molecule has 3 atom stereocenters. The fourth-order valence-electron chi connectivity index (χ4n) is 1.10. The number of halogens is 3. The highest BCUT2D eigenvalue weighted by Gasteiger charge is 2.71. The van der Waals surface area contributed by atoms with Crippen molar-refractivity contribution in [1.29, 1.82) is 0 Å². The van der Waals surface area contributed by atoms with Crippen molar-refractivity contribution >= 4 is 5.97 Å². The van der Waals surface area contributed by atoms with Crippen LogP contribution in [-0.4, -0.2) is 51.9 Å². The number of alkyl halides is 3. The molecule has 0 unspecified atom stereocenters. The molecule has 0 amide bonds. The number of carbonyl (C=O) groups excluding carboxylic acids is 1. The zero-order chi connectivity index (χ0) is 11.1. The molecule has 0 saturated carbocycles. The molecule has 8 heteroatoms. The first kappa shape index (κ1) is 11.2. The Kier molecular flexibility index (Phi) is 2.46. The molecule has 0 aromatic rings. The van der Waals surface area contributed by atoms with E-state index >= 15 is 0 Å². The Morgan fingerprint density at radius 3 is 2.21 bits per heavy atom. The van der Waals surface area contributed by atoms with Crippen LogP contribution in [-0.2, 0) is 9.53 Å². The van der Waals surface area contributed by atoms with Crippen LogP contribution in [0.3, 0.4) is 0 Å². The summed E-state index contributed by atoms with van der Waals surface area (Å²) in [5, 5.41) is 26.3. The molecule has 1 aliphatic heterocycles. The zero-order valence-corrected chi connectivity index (χ0v) is 6.65. The Balaban J connectivity index is 3.05. The van der Waals surface area contributed by atoms with Crippen molar-refractivity contribution < 1.29 is 38.0 Å². The van der Waals surface area contributed by atoms with Crippen LogP contribution in [0.4, 0.5) is 13.2 Å². The second-order valence-corrected chi connectivity index (χ2v) is 2.84. The zero-order valence-electron chi connectivity index (χ0n) is 6.65.